The third kappa shape index (κ3) is 3.87. The molecule has 0 aliphatic heterocycles. The second-order valence-corrected chi connectivity index (χ2v) is 6.88. The van der Waals surface area contributed by atoms with Crippen molar-refractivity contribution in [3.63, 3.8) is 0 Å². The van der Waals surface area contributed by atoms with Gasteiger partial charge in [0.05, 0.1) is 19.2 Å². The maximum Gasteiger partial charge on any atom is 0.352 e. The predicted molar refractivity (Wildman–Crippen MR) is 108 cm³/mol. The van der Waals surface area contributed by atoms with Crippen LogP contribution in [0.4, 0.5) is 4.39 Å². The number of methoxy groups -OCH3 is 1. The number of hydrogen-bond acceptors (Lipinski definition) is 3. The first-order valence-electron chi connectivity index (χ1n) is 9.35. The molecule has 0 radical (unpaired) electrons. The molecule has 0 aliphatic carbocycles. The summed E-state index contributed by atoms with van der Waals surface area (Å²) < 4.78 is 21.2. The van der Waals surface area contributed by atoms with Crippen LogP contribution >= 0.6 is 0 Å². The molecule has 1 atom stereocenters. The highest BCUT2D eigenvalue weighted by Crippen LogP contribution is 2.31. The molecule has 2 aromatic carbocycles. The molecule has 3 rings (SSSR count). The molecule has 1 aromatic heterocycles. The third-order valence-corrected chi connectivity index (χ3v) is 5.11. The summed E-state index contributed by atoms with van der Waals surface area (Å²) in [5, 5.41) is 14.2. The molecule has 5 nitrogen and oxygen atoms in total. The highest BCUT2D eigenvalue weighted by Gasteiger charge is 2.23. The molecule has 0 amide bonds. The first kappa shape index (κ1) is 19.9. The largest absolute Gasteiger partial charge is 0.497 e. The van der Waals surface area contributed by atoms with E-state index in [1.165, 1.54) is 6.07 Å². The normalized spacial score (nSPS) is 12.3. The zero-order valence-electron chi connectivity index (χ0n) is 16.3. The minimum Gasteiger partial charge on any atom is -0.497 e. The monoisotopic (exact) mass is 384 g/mol. The molecule has 6 heteroatoms. The fraction of sp³-hybridized carbons (Fsp3) is 0.318. The van der Waals surface area contributed by atoms with Gasteiger partial charge in [0.2, 0.25) is 0 Å². The smallest absolute Gasteiger partial charge is 0.352 e. The van der Waals surface area contributed by atoms with Crippen molar-refractivity contribution in [2.75, 3.05) is 7.11 Å². The molecule has 148 valence electrons. The molecule has 0 spiro atoms. The van der Waals surface area contributed by atoms with E-state index in [2.05, 4.69) is 19.2 Å². The fourth-order valence-corrected chi connectivity index (χ4v) is 3.33. The first-order chi connectivity index (χ1) is 13.5. The van der Waals surface area contributed by atoms with Crippen molar-refractivity contribution in [1.29, 1.82) is 0 Å². The van der Waals surface area contributed by atoms with Crippen molar-refractivity contribution in [2.24, 2.45) is 0 Å². The Hall–Kier alpha value is -2.86. The van der Waals surface area contributed by atoms with Crippen LogP contribution in [0.3, 0.4) is 0 Å². The van der Waals surface area contributed by atoms with Gasteiger partial charge in [0.25, 0.3) is 0 Å². The Morgan fingerprint density at radius 2 is 2.04 bits per heavy atom. The molecule has 0 bridgehead atoms. The van der Waals surface area contributed by atoms with Crippen molar-refractivity contribution in [1.82, 2.24) is 9.88 Å². The number of carboxylic acids is 1. The van der Waals surface area contributed by atoms with Gasteiger partial charge < -0.3 is 19.7 Å². The zero-order valence-corrected chi connectivity index (χ0v) is 16.3. The van der Waals surface area contributed by atoms with E-state index >= 15 is 0 Å². The summed E-state index contributed by atoms with van der Waals surface area (Å²) in [7, 11) is 1.56. The van der Waals surface area contributed by atoms with Gasteiger partial charge in [0.1, 0.15) is 17.3 Å². The summed E-state index contributed by atoms with van der Waals surface area (Å²) >= 11 is 0. The number of carbonyl (C=O) groups is 1. The summed E-state index contributed by atoms with van der Waals surface area (Å²) in [4.78, 5) is 12.2. The van der Waals surface area contributed by atoms with Gasteiger partial charge in [-0.2, -0.15) is 0 Å². The number of hydrogen-bond donors (Lipinski definition) is 2. The van der Waals surface area contributed by atoms with Crippen LogP contribution in [0.2, 0.25) is 0 Å². The molecular formula is C22H25FN2O3. The van der Waals surface area contributed by atoms with Crippen LogP contribution in [-0.2, 0) is 13.1 Å². The maximum atomic E-state index is 14.3. The Bertz CT molecular complexity index is 997. The number of nitrogens with one attached hydrogen (secondary N) is 1. The van der Waals surface area contributed by atoms with Crippen molar-refractivity contribution < 1.29 is 19.0 Å². The van der Waals surface area contributed by atoms with Crippen molar-refractivity contribution >= 4 is 16.9 Å². The van der Waals surface area contributed by atoms with Crippen LogP contribution < -0.4 is 10.1 Å². The van der Waals surface area contributed by atoms with E-state index in [1.54, 1.807) is 35.9 Å². The van der Waals surface area contributed by atoms with Gasteiger partial charge in [-0.3, -0.25) is 0 Å². The summed E-state index contributed by atoms with van der Waals surface area (Å²) in [5.41, 5.74) is 2.01. The van der Waals surface area contributed by atoms with Gasteiger partial charge in [0.15, 0.2) is 0 Å². The SMILES string of the molecule is CC[C@@H](C)NCc1c(C(=O)O)n(Cc2ccccc2F)c2cc(OC)ccc12. The van der Waals surface area contributed by atoms with Crippen LogP contribution in [0.15, 0.2) is 42.5 Å². The van der Waals surface area contributed by atoms with Gasteiger partial charge in [-0.05, 0) is 31.5 Å². The lowest BCUT2D eigenvalue weighted by atomic mass is 10.1. The Morgan fingerprint density at radius 1 is 1.29 bits per heavy atom. The summed E-state index contributed by atoms with van der Waals surface area (Å²) in [6, 6.07) is 12.2. The molecule has 2 N–H and O–H groups in total. The van der Waals surface area contributed by atoms with E-state index in [-0.39, 0.29) is 24.1 Å². The van der Waals surface area contributed by atoms with E-state index in [0.29, 0.717) is 28.9 Å². The molecule has 0 fully saturated rings. The molecule has 3 aromatic rings. The Labute approximate surface area is 163 Å². The van der Waals surface area contributed by atoms with Gasteiger partial charge in [-0.1, -0.05) is 25.1 Å². The highest BCUT2D eigenvalue weighted by molar-refractivity contribution is 5.98. The zero-order chi connectivity index (χ0) is 20.3. The fourth-order valence-electron chi connectivity index (χ4n) is 3.33. The predicted octanol–water partition coefficient (Wildman–Crippen LogP) is 4.42. The van der Waals surface area contributed by atoms with E-state index in [1.807, 2.05) is 12.1 Å². The maximum absolute atomic E-state index is 14.3. The van der Waals surface area contributed by atoms with Gasteiger partial charge in [-0.15, -0.1) is 0 Å². The van der Waals surface area contributed by atoms with Crippen LogP contribution in [0, 0.1) is 5.82 Å². The minimum atomic E-state index is -1.03. The van der Waals surface area contributed by atoms with Crippen molar-refractivity contribution in [3.05, 3.63) is 65.1 Å². The summed E-state index contributed by atoms with van der Waals surface area (Å²) in [5.74, 6) is -0.770. The van der Waals surface area contributed by atoms with Gasteiger partial charge in [-0.25, -0.2) is 9.18 Å². The lowest BCUT2D eigenvalue weighted by Gasteiger charge is -2.13. The summed E-state index contributed by atoms with van der Waals surface area (Å²) in [6.45, 7) is 4.68. The molecule has 1 heterocycles. The first-order valence-corrected chi connectivity index (χ1v) is 9.35. The lowest BCUT2D eigenvalue weighted by Crippen LogP contribution is -2.25. The number of aromatic carboxylic acids is 1. The number of rotatable bonds is 8. The molecule has 0 saturated heterocycles. The Balaban J connectivity index is 2.20. The molecule has 0 saturated carbocycles. The quantitative estimate of drug-likeness (QED) is 0.603. The van der Waals surface area contributed by atoms with E-state index in [4.69, 9.17) is 4.74 Å². The average Bonchev–Trinajstić information content (AvgIpc) is 3.00. The van der Waals surface area contributed by atoms with Gasteiger partial charge >= 0.3 is 5.97 Å². The number of carboxylic acid groups (broad SMARTS) is 1. The van der Waals surface area contributed by atoms with Crippen LogP contribution in [-0.4, -0.2) is 28.8 Å². The second-order valence-electron chi connectivity index (χ2n) is 6.88. The van der Waals surface area contributed by atoms with E-state index < -0.39 is 5.97 Å². The number of fused-ring (bicyclic) bond motifs is 1. The molecule has 28 heavy (non-hydrogen) atoms. The Kier molecular flexibility index (Phi) is 5.99. The highest BCUT2D eigenvalue weighted by atomic mass is 19.1. The lowest BCUT2D eigenvalue weighted by molar-refractivity contribution is 0.0684. The second kappa shape index (κ2) is 8.44. The number of benzene rings is 2. The standard InChI is InChI=1S/C22H25FN2O3/c1-4-14(2)24-12-18-17-10-9-16(28-3)11-20(17)25(21(18)22(26)27)13-15-7-5-6-8-19(15)23/h5-11,14,24H,4,12-13H2,1-3H3,(H,26,27)/t14-/m1/s1. The van der Waals surface area contributed by atoms with Gasteiger partial charge in [0, 0.05) is 35.2 Å². The third-order valence-electron chi connectivity index (χ3n) is 5.11. The Morgan fingerprint density at radius 3 is 2.68 bits per heavy atom. The van der Waals surface area contributed by atoms with Crippen molar-refractivity contribution in [2.45, 2.75) is 39.4 Å². The van der Waals surface area contributed by atoms with E-state index in [9.17, 15) is 14.3 Å². The number of halogens is 1. The number of aromatic nitrogens is 1. The van der Waals surface area contributed by atoms with Crippen molar-refractivity contribution in [3.8, 4) is 5.75 Å². The average molecular weight is 384 g/mol. The number of ether oxygens (including phenoxy) is 1. The van der Waals surface area contributed by atoms with E-state index in [0.717, 1.165) is 11.8 Å². The van der Waals surface area contributed by atoms with Crippen LogP contribution in [0.5, 0.6) is 5.75 Å². The molecular weight excluding hydrogens is 359 g/mol. The molecule has 0 aliphatic rings. The van der Waals surface area contributed by atoms with Crippen LogP contribution in [0.25, 0.3) is 10.9 Å². The van der Waals surface area contributed by atoms with Crippen LogP contribution in [0.1, 0.15) is 41.9 Å². The topological polar surface area (TPSA) is 63.5 Å². The molecule has 0 unspecified atom stereocenters. The minimum absolute atomic E-state index is 0.126. The summed E-state index contributed by atoms with van der Waals surface area (Å²) in [6.07, 6.45) is 0.935. The number of nitrogens with zero attached hydrogens (tertiary/aromatic N) is 1.